The third-order valence-electron chi connectivity index (χ3n) is 3.52. The molecular weight excluding hydrogens is 363 g/mol. The Morgan fingerprint density at radius 1 is 1.33 bits per heavy atom. The van der Waals surface area contributed by atoms with Crippen molar-refractivity contribution in [3.63, 3.8) is 0 Å². The van der Waals surface area contributed by atoms with E-state index in [9.17, 15) is 18.0 Å². The molecule has 0 saturated heterocycles. The molecule has 1 amide bonds. The quantitative estimate of drug-likeness (QED) is 0.619. The molecule has 0 unspecified atom stereocenters. The van der Waals surface area contributed by atoms with Gasteiger partial charge in [-0.25, -0.2) is 0 Å². The van der Waals surface area contributed by atoms with Crippen LogP contribution in [0.15, 0.2) is 41.4 Å². The zero-order valence-corrected chi connectivity index (χ0v) is 14.8. The first-order valence-electron chi connectivity index (χ1n) is 8.33. The summed E-state index contributed by atoms with van der Waals surface area (Å²) in [5, 5.41) is 3.83. The Labute approximate surface area is 154 Å². The molecule has 0 bridgehead atoms. The normalized spacial score (nSPS) is 11.3. The predicted molar refractivity (Wildman–Crippen MR) is 92.1 cm³/mol. The second-order valence-corrected chi connectivity index (χ2v) is 5.65. The largest absolute Gasteiger partial charge is 0.494 e. The predicted octanol–water partition coefficient (Wildman–Crippen LogP) is 3.64. The minimum absolute atomic E-state index is 0.0500. The first-order chi connectivity index (χ1) is 12.8. The van der Waals surface area contributed by atoms with Gasteiger partial charge in [-0.3, -0.25) is 4.79 Å². The number of benzene rings is 1. The fraction of sp³-hybridized carbons (Fsp3) is 0.389. The maximum atomic E-state index is 12.5. The number of hydrogen-bond donors (Lipinski definition) is 0. The van der Waals surface area contributed by atoms with Crippen LogP contribution in [-0.2, 0) is 11.2 Å². The summed E-state index contributed by atoms with van der Waals surface area (Å²) in [6, 6.07) is 7.06. The molecule has 0 aliphatic heterocycles. The van der Waals surface area contributed by atoms with Crippen molar-refractivity contribution in [2.24, 2.45) is 0 Å². The van der Waals surface area contributed by atoms with Crippen LogP contribution in [0.3, 0.4) is 0 Å². The average Bonchev–Trinajstić information content (AvgIpc) is 3.08. The van der Waals surface area contributed by atoms with Crippen LogP contribution < -0.4 is 4.74 Å². The van der Waals surface area contributed by atoms with Crippen molar-refractivity contribution in [1.82, 2.24) is 15.0 Å². The van der Waals surface area contributed by atoms with Crippen molar-refractivity contribution >= 4 is 5.91 Å². The van der Waals surface area contributed by atoms with E-state index in [0.29, 0.717) is 28.6 Å². The number of alkyl halides is 3. The van der Waals surface area contributed by atoms with E-state index in [-0.39, 0.29) is 25.3 Å². The second kappa shape index (κ2) is 9.20. The van der Waals surface area contributed by atoms with Gasteiger partial charge in [0.2, 0.25) is 17.6 Å². The molecule has 0 aliphatic rings. The molecule has 0 saturated carbocycles. The Morgan fingerprint density at radius 3 is 2.63 bits per heavy atom. The molecule has 0 radical (unpaired) electrons. The lowest BCUT2D eigenvalue weighted by Gasteiger charge is -2.22. The standard InChI is InChI=1S/C18H20F3N3O3/c1-3-11-24(12-18(19,20)21)16(25)10-9-15-22-17(23-27-15)13-5-7-14(8-6-13)26-4-2/h3,5-8H,1,4,9-12H2,2H3. The summed E-state index contributed by atoms with van der Waals surface area (Å²) in [6.45, 7) is 4.31. The van der Waals surface area contributed by atoms with E-state index in [0.717, 1.165) is 0 Å². The summed E-state index contributed by atoms with van der Waals surface area (Å²) in [7, 11) is 0. The van der Waals surface area contributed by atoms with Gasteiger partial charge in [-0.05, 0) is 31.2 Å². The maximum absolute atomic E-state index is 12.5. The smallest absolute Gasteiger partial charge is 0.406 e. The second-order valence-electron chi connectivity index (χ2n) is 5.65. The number of amides is 1. The van der Waals surface area contributed by atoms with Gasteiger partial charge >= 0.3 is 6.18 Å². The summed E-state index contributed by atoms with van der Waals surface area (Å²) < 4.78 is 48.1. The van der Waals surface area contributed by atoms with Crippen LogP contribution >= 0.6 is 0 Å². The number of hydrogen-bond acceptors (Lipinski definition) is 5. The Balaban J connectivity index is 1.96. The Morgan fingerprint density at radius 2 is 2.04 bits per heavy atom. The molecule has 2 aromatic rings. The monoisotopic (exact) mass is 383 g/mol. The summed E-state index contributed by atoms with van der Waals surface area (Å²) in [4.78, 5) is 16.9. The van der Waals surface area contributed by atoms with Crippen LogP contribution in [-0.4, -0.2) is 46.8 Å². The molecule has 9 heteroatoms. The van der Waals surface area contributed by atoms with E-state index < -0.39 is 18.6 Å². The summed E-state index contributed by atoms with van der Waals surface area (Å²) in [6.07, 6.45) is -3.34. The average molecular weight is 383 g/mol. The highest BCUT2D eigenvalue weighted by Gasteiger charge is 2.32. The minimum atomic E-state index is -4.47. The summed E-state index contributed by atoms with van der Waals surface area (Å²) >= 11 is 0. The number of rotatable bonds is 9. The molecule has 1 aromatic carbocycles. The number of aromatic nitrogens is 2. The Bertz CT molecular complexity index is 757. The SMILES string of the molecule is C=CCN(CC(F)(F)F)C(=O)CCc1nc(-c2ccc(OCC)cc2)no1. The van der Waals surface area contributed by atoms with Gasteiger partial charge in [-0.2, -0.15) is 18.2 Å². The molecule has 1 heterocycles. The molecule has 0 aliphatic carbocycles. The highest BCUT2D eigenvalue weighted by molar-refractivity contribution is 5.76. The zero-order chi connectivity index (χ0) is 19.9. The van der Waals surface area contributed by atoms with E-state index in [4.69, 9.17) is 9.26 Å². The van der Waals surface area contributed by atoms with Gasteiger partial charge in [-0.15, -0.1) is 6.58 Å². The number of ether oxygens (including phenoxy) is 1. The van der Waals surface area contributed by atoms with Crippen LogP contribution in [0.4, 0.5) is 13.2 Å². The number of carbonyl (C=O) groups excluding carboxylic acids is 1. The maximum Gasteiger partial charge on any atom is 0.406 e. The highest BCUT2D eigenvalue weighted by Crippen LogP contribution is 2.21. The van der Waals surface area contributed by atoms with Crippen LogP contribution in [0.1, 0.15) is 19.2 Å². The van der Waals surface area contributed by atoms with Gasteiger partial charge in [-0.1, -0.05) is 11.2 Å². The Hall–Kier alpha value is -2.84. The van der Waals surface area contributed by atoms with Crippen molar-refractivity contribution in [1.29, 1.82) is 0 Å². The fourth-order valence-electron chi connectivity index (χ4n) is 2.34. The van der Waals surface area contributed by atoms with Gasteiger partial charge in [0, 0.05) is 24.9 Å². The van der Waals surface area contributed by atoms with Crippen molar-refractivity contribution in [3.05, 3.63) is 42.8 Å². The van der Waals surface area contributed by atoms with Gasteiger partial charge < -0.3 is 14.2 Å². The summed E-state index contributed by atoms with van der Waals surface area (Å²) in [5.74, 6) is 0.562. The minimum Gasteiger partial charge on any atom is -0.494 e. The van der Waals surface area contributed by atoms with Gasteiger partial charge in [0.25, 0.3) is 0 Å². The zero-order valence-electron chi connectivity index (χ0n) is 14.8. The van der Waals surface area contributed by atoms with E-state index in [1.54, 1.807) is 24.3 Å². The van der Waals surface area contributed by atoms with Crippen LogP contribution in [0.25, 0.3) is 11.4 Å². The number of carbonyl (C=O) groups is 1. The van der Waals surface area contributed by atoms with Crippen molar-refractivity contribution in [3.8, 4) is 17.1 Å². The molecule has 146 valence electrons. The van der Waals surface area contributed by atoms with Gasteiger partial charge in [0.1, 0.15) is 12.3 Å². The van der Waals surface area contributed by atoms with E-state index in [2.05, 4.69) is 16.7 Å². The summed E-state index contributed by atoms with van der Waals surface area (Å²) in [5.41, 5.74) is 0.699. The number of nitrogens with zero attached hydrogens (tertiary/aromatic N) is 3. The third-order valence-corrected chi connectivity index (χ3v) is 3.52. The molecule has 2 rings (SSSR count). The first kappa shape index (κ1) is 20.5. The van der Waals surface area contributed by atoms with Crippen molar-refractivity contribution in [2.45, 2.75) is 25.9 Å². The highest BCUT2D eigenvalue weighted by atomic mass is 19.4. The van der Waals surface area contributed by atoms with E-state index in [1.807, 2.05) is 6.92 Å². The molecule has 1 aromatic heterocycles. The molecule has 0 fully saturated rings. The van der Waals surface area contributed by atoms with E-state index in [1.165, 1.54) is 6.08 Å². The lowest BCUT2D eigenvalue weighted by atomic mass is 10.2. The molecule has 0 atom stereocenters. The fourth-order valence-corrected chi connectivity index (χ4v) is 2.34. The van der Waals surface area contributed by atoms with Crippen molar-refractivity contribution < 1.29 is 27.2 Å². The van der Waals surface area contributed by atoms with E-state index >= 15 is 0 Å². The van der Waals surface area contributed by atoms with Crippen LogP contribution in [0, 0.1) is 0 Å². The molecule has 0 spiro atoms. The van der Waals surface area contributed by atoms with Crippen LogP contribution in [0.2, 0.25) is 0 Å². The number of halogens is 3. The molecular formula is C18H20F3N3O3. The van der Waals surface area contributed by atoms with Crippen molar-refractivity contribution in [2.75, 3.05) is 19.7 Å². The molecule has 6 nitrogen and oxygen atoms in total. The number of aryl methyl sites for hydroxylation is 1. The lowest BCUT2D eigenvalue weighted by Crippen LogP contribution is -2.39. The third kappa shape index (κ3) is 6.43. The molecule has 27 heavy (non-hydrogen) atoms. The topological polar surface area (TPSA) is 68.5 Å². The van der Waals surface area contributed by atoms with Gasteiger partial charge in [0.05, 0.1) is 6.61 Å². The molecule has 0 N–H and O–H groups in total. The lowest BCUT2D eigenvalue weighted by molar-refractivity contribution is -0.160. The van der Waals surface area contributed by atoms with Gasteiger partial charge in [0.15, 0.2) is 0 Å². The first-order valence-corrected chi connectivity index (χ1v) is 8.33. The van der Waals surface area contributed by atoms with Crippen LogP contribution in [0.5, 0.6) is 5.75 Å². The Kier molecular flexibility index (Phi) is 6.98.